The van der Waals surface area contributed by atoms with Crippen molar-refractivity contribution in [2.24, 2.45) is 0 Å². The first kappa shape index (κ1) is 15.1. The number of halogens is 1. The molecule has 1 unspecified atom stereocenters. The Bertz CT molecular complexity index is 348. The number of benzene rings is 1. The van der Waals surface area contributed by atoms with E-state index in [2.05, 4.69) is 26.1 Å². The second-order valence-corrected chi connectivity index (χ2v) is 5.09. The van der Waals surface area contributed by atoms with Crippen LogP contribution in [0.1, 0.15) is 45.7 Å². The monoisotopic (exact) mass is 253 g/mol. The molecule has 1 N–H and O–H groups in total. The molecular weight excluding hydrogens is 229 g/mol. The third-order valence-corrected chi connectivity index (χ3v) is 2.99. The van der Waals surface area contributed by atoms with Crippen molar-refractivity contribution < 1.29 is 9.13 Å². The van der Waals surface area contributed by atoms with E-state index in [0.717, 1.165) is 18.5 Å². The minimum atomic E-state index is -0.191. The summed E-state index contributed by atoms with van der Waals surface area (Å²) in [4.78, 5) is 0. The van der Waals surface area contributed by atoms with Gasteiger partial charge in [-0.1, -0.05) is 19.1 Å². The zero-order valence-corrected chi connectivity index (χ0v) is 11.8. The van der Waals surface area contributed by atoms with Crippen molar-refractivity contribution in [3.05, 3.63) is 35.6 Å². The molecule has 1 atom stereocenters. The quantitative estimate of drug-likeness (QED) is 0.800. The third-order valence-electron chi connectivity index (χ3n) is 2.99. The Labute approximate surface area is 110 Å². The van der Waals surface area contributed by atoms with Gasteiger partial charge in [-0.3, -0.25) is 0 Å². The van der Waals surface area contributed by atoms with Gasteiger partial charge in [0.25, 0.3) is 0 Å². The molecule has 1 aromatic rings. The van der Waals surface area contributed by atoms with Gasteiger partial charge in [-0.2, -0.15) is 0 Å². The minimum Gasteiger partial charge on any atom is -0.375 e. The van der Waals surface area contributed by atoms with E-state index in [1.165, 1.54) is 12.1 Å². The van der Waals surface area contributed by atoms with E-state index in [-0.39, 0.29) is 17.5 Å². The molecule has 102 valence electrons. The van der Waals surface area contributed by atoms with Crippen LogP contribution in [0.4, 0.5) is 4.39 Å². The van der Waals surface area contributed by atoms with Gasteiger partial charge in [0.1, 0.15) is 5.82 Å². The first-order valence-electron chi connectivity index (χ1n) is 6.61. The van der Waals surface area contributed by atoms with Crippen molar-refractivity contribution in [1.82, 2.24) is 5.32 Å². The van der Waals surface area contributed by atoms with Gasteiger partial charge in [0.2, 0.25) is 0 Å². The van der Waals surface area contributed by atoms with E-state index in [0.29, 0.717) is 6.61 Å². The molecule has 0 bridgehead atoms. The highest BCUT2D eigenvalue weighted by molar-refractivity contribution is 5.19. The Morgan fingerprint density at radius 1 is 1.22 bits per heavy atom. The summed E-state index contributed by atoms with van der Waals surface area (Å²) < 4.78 is 18.5. The summed E-state index contributed by atoms with van der Waals surface area (Å²) in [5.74, 6) is -0.191. The van der Waals surface area contributed by atoms with Gasteiger partial charge < -0.3 is 10.1 Å². The third kappa shape index (κ3) is 4.75. The molecule has 0 aliphatic rings. The predicted molar refractivity (Wildman–Crippen MR) is 73.1 cm³/mol. The molecule has 0 saturated carbocycles. The Hall–Kier alpha value is -0.930. The maximum atomic E-state index is 12.9. The average molecular weight is 253 g/mol. The van der Waals surface area contributed by atoms with Crippen LogP contribution >= 0.6 is 0 Å². The average Bonchev–Trinajstić information content (AvgIpc) is 2.32. The molecule has 0 fully saturated rings. The number of nitrogens with one attached hydrogen (secondary N) is 1. The van der Waals surface area contributed by atoms with Gasteiger partial charge in [-0.25, -0.2) is 4.39 Å². The van der Waals surface area contributed by atoms with Crippen LogP contribution < -0.4 is 5.32 Å². The van der Waals surface area contributed by atoms with Crippen molar-refractivity contribution in [1.29, 1.82) is 0 Å². The topological polar surface area (TPSA) is 21.3 Å². The molecule has 1 aromatic carbocycles. The molecule has 0 aliphatic carbocycles. The maximum absolute atomic E-state index is 12.9. The Morgan fingerprint density at radius 2 is 1.83 bits per heavy atom. The fraction of sp³-hybridized carbons (Fsp3) is 0.600. The van der Waals surface area contributed by atoms with E-state index in [9.17, 15) is 4.39 Å². The summed E-state index contributed by atoms with van der Waals surface area (Å²) in [5, 5.41) is 3.48. The smallest absolute Gasteiger partial charge is 0.123 e. The summed E-state index contributed by atoms with van der Waals surface area (Å²) >= 11 is 0. The van der Waals surface area contributed by atoms with Gasteiger partial charge in [-0.15, -0.1) is 0 Å². The molecule has 18 heavy (non-hydrogen) atoms. The second-order valence-electron chi connectivity index (χ2n) is 5.09. The van der Waals surface area contributed by atoms with E-state index >= 15 is 0 Å². The fourth-order valence-corrected chi connectivity index (χ4v) is 2.00. The molecule has 1 rings (SSSR count). The van der Waals surface area contributed by atoms with Gasteiger partial charge in [0, 0.05) is 19.2 Å². The van der Waals surface area contributed by atoms with E-state index in [4.69, 9.17) is 4.74 Å². The first-order valence-corrected chi connectivity index (χ1v) is 6.61. The Kier molecular flexibility index (Phi) is 5.76. The van der Waals surface area contributed by atoms with Gasteiger partial charge in [0.05, 0.1) is 5.60 Å². The Morgan fingerprint density at radius 3 is 2.33 bits per heavy atom. The zero-order valence-electron chi connectivity index (χ0n) is 11.8. The summed E-state index contributed by atoms with van der Waals surface area (Å²) in [6, 6.07) is 6.93. The van der Waals surface area contributed by atoms with Crippen LogP contribution in [0.15, 0.2) is 24.3 Å². The summed E-state index contributed by atoms with van der Waals surface area (Å²) in [6.07, 6.45) is 0.966. The fourth-order valence-electron chi connectivity index (χ4n) is 2.00. The van der Waals surface area contributed by atoms with E-state index in [1.807, 2.05) is 19.1 Å². The predicted octanol–water partition coefficient (Wildman–Crippen LogP) is 3.68. The summed E-state index contributed by atoms with van der Waals surface area (Å²) in [6.45, 7) is 9.74. The SMILES string of the molecule is CCOC(C)(C)CNC(CC)c1ccc(F)cc1. The van der Waals surface area contributed by atoms with Gasteiger partial charge in [-0.05, 0) is 44.9 Å². The number of hydrogen-bond acceptors (Lipinski definition) is 2. The molecule has 0 saturated heterocycles. The molecule has 0 aliphatic heterocycles. The highest BCUT2D eigenvalue weighted by Gasteiger charge is 2.19. The molecule has 0 aromatic heterocycles. The molecule has 0 spiro atoms. The van der Waals surface area contributed by atoms with E-state index < -0.39 is 0 Å². The van der Waals surface area contributed by atoms with Crippen molar-refractivity contribution >= 4 is 0 Å². The van der Waals surface area contributed by atoms with Crippen LogP contribution in [0.25, 0.3) is 0 Å². The molecule has 0 heterocycles. The molecule has 3 heteroatoms. The molecule has 0 amide bonds. The minimum absolute atomic E-state index is 0.178. The van der Waals surface area contributed by atoms with Crippen molar-refractivity contribution in [2.75, 3.05) is 13.2 Å². The molecular formula is C15H24FNO. The zero-order chi connectivity index (χ0) is 13.6. The molecule has 2 nitrogen and oxygen atoms in total. The lowest BCUT2D eigenvalue weighted by atomic mass is 10.0. The number of ether oxygens (including phenoxy) is 1. The lowest BCUT2D eigenvalue weighted by Gasteiger charge is -2.28. The largest absolute Gasteiger partial charge is 0.375 e. The van der Waals surface area contributed by atoms with Crippen LogP contribution in [-0.4, -0.2) is 18.8 Å². The van der Waals surface area contributed by atoms with E-state index in [1.54, 1.807) is 0 Å². The van der Waals surface area contributed by atoms with Crippen molar-refractivity contribution in [3.8, 4) is 0 Å². The summed E-state index contributed by atoms with van der Waals surface area (Å²) in [5.41, 5.74) is 0.938. The normalized spacial score (nSPS) is 13.6. The van der Waals surface area contributed by atoms with Crippen molar-refractivity contribution in [3.63, 3.8) is 0 Å². The first-order chi connectivity index (χ1) is 8.48. The molecule has 0 radical (unpaired) electrons. The summed E-state index contributed by atoms with van der Waals surface area (Å²) in [7, 11) is 0. The highest BCUT2D eigenvalue weighted by atomic mass is 19.1. The van der Waals surface area contributed by atoms with Gasteiger partial charge in [0.15, 0.2) is 0 Å². The van der Waals surface area contributed by atoms with Crippen LogP contribution in [-0.2, 0) is 4.74 Å². The van der Waals surface area contributed by atoms with Crippen molar-refractivity contribution in [2.45, 2.75) is 45.8 Å². The lowest BCUT2D eigenvalue weighted by molar-refractivity contribution is -0.0107. The van der Waals surface area contributed by atoms with Gasteiger partial charge >= 0.3 is 0 Å². The standard InChI is InChI=1S/C15H24FNO/c1-5-14(12-7-9-13(16)10-8-12)17-11-15(3,4)18-6-2/h7-10,14,17H,5-6,11H2,1-4H3. The lowest BCUT2D eigenvalue weighted by Crippen LogP contribution is -2.39. The van der Waals surface area contributed by atoms with Crippen LogP contribution in [0, 0.1) is 5.82 Å². The highest BCUT2D eigenvalue weighted by Crippen LogP contribution is 2.18. The van der Waals surface area contributed by atoms with Crippen LogP contribution in [0.5, 0.6) is 0 Å². The second kappa shape index (κ2) is 6.86. The number of hydrogen-bond donors (Lipinski definition) is 1. The van der Waals surface area contributed by atoms with Crippen LogP contribution in [0.2, 0.25) is 0 Å². The Balaban J connectivity index is 2.60. The number of rotatable bonds is 7. The maximum Gasteiger partial charge on any atom is 0.123 e. The van der Waals surface area contributed by atoms with Crippen LogP contribution in [0.3, 0.4) is 0 Å².